The topological polar surface area (TPSA) is 93.1 Å². The fourth-order valence-corrected chi connectivity index (χ4v) is 3.40. The fraction of sp³-hybridized carbons (Fsp3) is 0.310. The second-order valence-electron chi connectivity index (χ2n) is 8.03. The number of ketones is 1. The first-order valence-electron chi connectivity index (χ1n) is 11.9. The first kappa shape index (κ1) is 27.4. The third-order valence-corrected chi connectivity index (χ3v) is 5.47. The lowest BCUT2D eigenvalue weighted by molar-refractivity contribution is 0.0264. The highest BCUT2D eigenvalue weighted by Crippen LogP contribution is 2.25. The Kier molecular flexibility index (Phi) is 11.3. The van der Waals surface area contributed by atoms with Gasteiger partial charge in [-0.1, -0.05) is 69.2 Å². The Balaban J connectivity index is 0.000000247. The number of para-hydroxylation sites is 1. The van der Waals surface area contributed by atoms with E-state index in [9.17, 15) is 19.8 Å². The van der Waals surface area contributed by atoms with Gasteiger partial charge in [-0.3, -0.25) is 4.79 Å². The van der Waals surface area contributed by atoms with Gasteiger partial charge in [0.05, 0.1) is 12.7 Å². The van der Waals surface area contributed by atoms with Crippen LogP contribution in [-0.4, -0.2) is 35.2 Å². The quantitative estimate of drug-likeness (QED) is 0.195. The zero-order valence-corrected chi connectivity index (χ0v) is 20.6. The summed E-state index contributed by atoms with van der Waals surface area (Å²) in [6.07, 6.45) is 5.04. The Morgan fingerprint density at radius 1 is 0.829 bits per heavy atom. The van der Waals surface area contributed by atoms with Gasteiger partial charge in [0, 0.05) is 11.6 Å². The fourth-order valence-electron chi connectivity index (χ4n) is 3.40. The largest absolute Gasteiger partial charge is 0.507 e. The van der Waals surface area contributed by atoms with Crippen LogP contribution in [0, 0.1) is 0 Å². The molecular weight excluding hydrogens is 444 g/mol. The molecule has 186 valence electrons. The number of esters is 1. The average Bonchev–Trinajstić information content (AvgIpc) is 2.88. The summed E-state index contributed by atoms with van der Waals surface area (Å²) in [5.41, 5.74) is 1.07. The predicted octanol–water partition coefficient (Wildman–Crippen LogP) is 6.54. The molecule has 3 aromatic rings. The smallest absolute Gasteiger partial charge is 0.342 e. The second kappa shape index (κ2) is 14.5. The third kappa shape index (κ3) is 8.49. The Hall–Kier alpha value is -3.80. The van der Waals surface area contributed by atoms with E-state index in [0.717, 1.165) is 32.1 Å². The normalized spacial score (nSPS) is 11.1. The summed E-state index contributed by atoms with van der Waals surface area (Å²) in [4.78, 5) is 24.0. The molecule has 35 heavy (non-hydrogen) atoms. The number of ether oxygens (including phenoxy) is 2. The molecule has 2 N–H and O–H groups in total. The molecule has 0 bridgehead atoms. The summed E-state index contributed by atoms with van der Waals surface area (Å²) in [5.74, 6) is -0.210. The standard InChI is InChI=1S/C15H22O3.C14H12O3/c1-3-5-6-9-12(4-2)18-15(17)13-10-7-8-11-14(13)16;1-17-11-7-8-12(13(15)9-11)14(16)10-5-3-2-4-6-10/h7-8,10-12,16H,3-6,9H2,1-2H3;2-9,15H,1H3. The van der Waals surface area contributed by atoms with Gasteiger partial charge in [-0.05, 0) is 43.5 Å². The first-order chi connectivity index (χ1) is 16.9. The van der Waals surface area contributed by atoms with Crippen LogP contribution >= 0.6 is 0 Å². The monoisotopic (exact) mass is 478 g/mol. The third-order valence-electron chi connectivity index (χ3n) is 5.47. The van der Waals surface area contributed by atoms with Gasteiger partial charge in [-0.25, -0.2) is 4.79 Å². The number of phenols is 2. The molecule has 0 radical (unpaired) electrons. The Morgan fingerprint density at radius 2 is 1.51 bits per heavy atom. The van der Waals surface area contributed by atoms with Gasteiger partial charge in [-0.2, -0.15) is 0 Å². The summed E-state index contributed by atoms with van der Waals surface area (Å²) in [7, 11) is 1.51. The Morgan fingerprint density at radius 3 is 2.11 bits per heavy atom. The van der Waals surface area contributed by atoms with Gasteiger partial charge in [0.15, 0.2) is 5.78 Å². The van der Waals surface area contributed by atoms with Gasteiger partial charge in [0.1, 0.15) is 28.9 Å². The number of carbonyl (C=O) groups excluding carboxylic acids is 2. The lowest BCUT2D eigenvalue weighted by Crippen LogP contribution is -2.17. The van der Waals surface area contributed by atoms with Crippen LogP contribution < -0.4 is 4.74 Å². The highest BCUT2D eigenvalue weighted by atomic mass is 16.5. The van der Waals surface area contributed by atoms with Crippen LogP contribution in [0.1, 0.15) is 72.2 Å². The van der Waals surface area contributed by atoms with Crippen LogP contribution in [0.5, 0.6) is 17.2 Å². The lowest BCUT2D eigenvalue weighted by Gasteiger charge is -2.16. The highest BCUT2D eigenvalue weighted by Gasteiger charge is 2.17. The molecule has 6 heteroatoms. The van der Waals surface area contributed by atoms with Gasteiger partial charge < -0.3 is 19.7 Å². The molecule has 6 nitrogen and oxygen atoms in total. The van der Waals surface area contributed by atoms with E-state index in [0.29, 0.717) is 11.3 Å². The molecule has 1 unspecified atom stereocenters. The number of aromatic hydroxyl groups is 2. The maximum Gasteiger partial charge on any atom is 0.342 e. The van der Waals surface area contributed by atoms with Crippen molar-refractivity contribution in [2.75, 3.05) is 7.11 Å². The van der Waals surface area contributed by atoms with E-state index >= 15 is 0 Å². The Labute approximate surface area is 207 Å². The van der Waals surface area contributed by atoms with Crippen molar-refractivity contribution >= 4 is 11.8 Å². The van der Waals surface area contributed by atoms with Crippen LogP contribution in [0.2, 0.25) is 0 Å². The van der Waals surface area contributed by atoms with Crippen molar-refractivity contribution in [3.05, 3.63) is 89.5 Å². The van der Waals surface area contributed by atoms with Gasteiger partial charge >= 0.3 is 5.97 Å². The Bertz CT molecular complexity index is 1080. The van der Waals surface area contributed by atoms with E-state index < -0.39 is 5.97 Å². The van der Waals surface area contributed by atoms with E-state index in [1.54, 1.807) is 54.6 Å². The minimum Gasteiger partial charge on any atom is -0.507 e. The number of carbonyl (C=O) groups is 2. The molecule has 0 aliphatic heterocycles. The zero-order chi connectivity index (χ0) is 25.6. The summed E-state index contributed by atoms with van der Waals surface area (Å²) < 4.78 is 10.4. The van der Waals surface area contributed by atoms with E-state index in [-0.39, 0.29) is 34.5 Å². The lowest BCUT2D eigenvalue weighted by atomic mass is 10.0. The molecule has 0 saturated carbocycles. The van der Waals surface area contributed by atoms with Crippen molar-refractivity contribution in [2.45, 2.75) is 52.1 Å². The van der Waals surface area contributed by atoms with Gasteiger partial charge in [-0.15, -0.1) is 0 Å². The SMILES string of the molecule is CCCCCC(CC)OC(=O)c1ccccc1O.COc1ccc(C(=O)c2ccccc2)c(O)c1. The zero-order valence-electron chi connectivity index (χ0n) is 20.6. The summed E-state index contributed by atoms with van der Waals surface area (Å²) in [6.45, 7) is 4.16. The minimum absolute atomic E-state index is 0.0223. The average molecular weight is 479 g/mol. The van der Waals surface area contributed by atoms with Crippen molar-refractivity contribution in [3.63, 3.8) is 0 Å². The molecule has 3 aromatic carbocycles. The molecule has 0 saturated heterocycles. The summed E-state index contributed by atoms with van der Waals surface area (Å²) in [6, 6.07) is 19.9. The van der Waals surface area contributed by atoms with Crippen LogP contribution in [0.4, 0.5) is 0 Å². The van der Waals surface area contributed by atoms with Crippen molar-refractivity contribution < 1.29 is 29.3 Å². The van der Waals surface area contributed by atoms with Crippen LogP contribution in [0.3, 0.4) is 0 Å². The van der Waals surface area contributed by atoms with Crippen molar-refractivity contribution in [2.24, 2.45) is 0 Å². The van der Waals surface area contributed by atoms with Crippen LogP contribution in [-0.2, 0) is 4.74 Å². The van der Waals surface area contributed by atoms with Crippen LogP contribution in [0.15, 0.2) is 72.8 Å². The van der Waals surface area contributed by atoms with Crippen molar-refractivity contribution in [3.8, 4) is 17.2 Å². The number of methoxy groups -OCH3 is 1. The molecule has 1 atom stereocenters. The van der Waals surface area contributed by atoms with Crippen molar-refractivity contribution in [1.82, 2.24) is 0 Å². The molecule has 0 aliphatic carbocycles. The maximum absolute atomic E-state index is 12.1. The summed E-state index contributed by atoms with van der Waals surface area (Å²) in [5, 5.41) is 19.3. The van der Waals surface area contributed by atoms with Gasteiger partial charge in [0.2, 0.25) is 0 Å². The molecule has 0 fully saturated rings. The molecule has 0 amide bonds. The van der Waals surface area contributed by atoms with E-state index in [1.807, 2.05) is 13.0 Å². The predicted molar refractivity (Wildman–Crippen MR) is 136 cm³/mol. The number of rotatable bonds is 10. The molecule has 0 aliphatic rings. The van der Waals surface area contributed by atoms with E-state index in [1.165, 1.54) is 19.2 Å². The van der Waals surface area contributed by atoms with E-state index in [2.05, 4.69) is 6.92 Å². The van der Waals surface area contributed by atoms with E-state index in [4.69, 9.17) is 9.47 Å². The number of benzene rings is 3. The maximum atomic E-state index is 12.1. The number of unbranched alkanes of at least 4 members (excludes halogenated alkanes) is 2. The number of hydrogen-bond donors (Lipinski definition) is 2. The molecule has 0 heterocycles. The second-order valence-corrected chi connectivity index (χ2v) is 8.03. The summed E-state index contributed by atoms with van der Waals surface area (Å²) >= 11 is 0. The molecule has 3 rings (SSSR count). The highest BCUT2D eigenvalue weighted by molar-refractivity contribution is 6.10. The molecule has 0 aromatic heterocycles. The number of hydrogen-bond acceptors (Lipinski definition) is 6. The van der Waals surface area contributed by atoms with Gasteiger partial charge in [0.25, 0.3) is 0 Å². The molecule has 0 spiro atoms. The molecular formula is C29H34O6. The number of phenolic OH excluding ortho intramolecular Hbond substituents is 2. The van der Waals surface area contributed by atoms with Crippen molar-refractivity contribution in [1.29, 1.82) is 0 Å². The first-order valence-corrected chi connectivity index (χ1v) is 11.9. The van der Waals surface area contributed by atoms with Crippen LogP contribution in [0.25, 0.3) is 0 Å². The minimum atomic E-state index is -0.434.